The monoisotopic (exact) mass is 396 g/mol. The number of ether oxygens (including phenoxy) is 4. The van der Waals surface area contributed by atoms with Crippen LogP contribution < -0.4 is 24.4 Å². The largest absolute Gasteiger partial charge is 0.493 e. The molecule has 0 aromatic heterocycles. The van der Waals surface area contributed by atoms with Crippen molar-refractivity contribution in [1.29, 1.82) is 0 Å². The normalized spacial score (nSPS) is 16.0. The predicted octanol–water partition coefficient (Wildman–Crippen LogP) is 2.95. The van der Waals surface area contributed by atoms with E-state index >= 15 is 0 Å². The number of para-hydroxylation sites is 2. The smallest absolute Gasteiger partial charge is 0.248 e. The summed E-state index contributed by atoms with van der Waals surface area (Å²) >= 11 is 0. The number of benzene rings is 2. The van der Waals surface area contributed by atoms with E-state index in [4.69, 9.17) is 18.9 Å². The van der Waals surface area contributed by atoms with Gasteiger partial charge in [0.15, 0.2) is 11.5 Å². The molecule has 1 fully saturated rings. The van der Waals surface area contributed by atoms with Gasteiger partial charge in [-0.05, 0) is 35.9 Å². The number of fused-ring (bicyclic) bond motifs is 1. The molecule has 0 radical (unpaired) electrons. The summed E-state index contributed by atoms with van der Waals surface area (Å²) in [6.45, 7) is 3.97. The fraction of sp³-hybridized carbons (Fsp3) is 0.318. The number of carbonyl (C=O) groups excluding carboxylic acids is 1. The highest BCUT2D eigenvalue weighted by atomic mass is 16.6. The molecule has 0 saturated carbocycles. The molecule has 7 heteroatoms. The SMILES string of the molecule is COc1cc(/C=C/C(=O)Nc2ccccc2N2CCOCC2)cc2c1OCCO2. The number of nitrogens with zero attached hydrogens (tertiary/aromatic N) is 1. The topological polar surface area (TPSA) is 69.3 Å². The summed E-state index contributed by atoms with van der Waals surface area (Å²) < 4.78 is 22.0. The van der Waals surface area contributed by atoms with E-state index in [9.17, 15) is 4.79 Å². The van der Waals surface area contributed by atoms with Crippen LogP contribution in [0.1, 0.15) is 5.56 Å². The van der Waals surface area contributed by atoms with E-state index in [2.05, 4.69) is 10.2 Å². The van der Waals surface area contributed by atoms with Gasteiger partial charge in [0.2, 0.25) is 11.7 Å². The maximum Gasteiger partial charge on any atom is 0.248 e. The lowest BCUT2D eigenvalue weighted by Crippen LogP contribution is -2.36. The van der Waals surface area contributed by atoms with Crippen molar-refractivity contribution < 1.29 is 23.7 Å². The predicted molar refractivity (Wildman–Crippen MR) is 111 cm³/mol. The molecule has 7 nitrogen and oxygen atoms in total. The lowest BCUT2D eigenvalue weighted by molar-refractivity contribution is -0.111. The van der Waals surface area contributed by atoms with Crippen molar-refractivity contribution in [1.82, 2.24) is 0 Å². The van der Waals surface area contributed by atoms with E-state index in [1.807, 2.05) is 36.4 Å². The fourth-order valence-electron chi connectivity index (χ4n) is 3.40. The zero-order valence-corrected chi connectivity index (χ0v) is 16.3. The first kappa shape index (κ1) is 19.1. The Morgan fingerprint density at radius 3 is 2.72 bits per heavy atom. The molecule has 1 N–H and O–H groups in total. The van der Waals surface area contributed by atoms with E-state index in [0.29, 0.717) is 43.7 Å². The molecule has 29 heavy (non-hydrogen) atoms. The van der Waals surface area contributed by atoms with E-state index in [-0.39, 0.29) is 5.91 Å². The fourth-order valence-corrected chi connectivity index (χ4v) is 3.40. The molecule has 4 rings (SSSR count). The van der Waals surface area contributed by atoms with Gasteiger partial charge in [-0.2, -0.15) is 0 Å². The van der Waals surface area contributed by atoms with E-state index in [0.717, 1.165) is 30.0 Å². The van der Waals surface area contributed by atoms with Crippen molar-refractivity contribution in [3.63, 3.8) is 0 Å². The average Bonchev–Trinajstić information content (AvgIpc) is 2.78. The molecule has 152 valence electrons. The molecule has 0 spiro atoms. The summed E-state index contributed by atoms with van der Waals surface area (Å²) in [7, 11) is 1.58. The Morgan fingerprint density at radius 1 is 1.10 bits per heavy atom. The van der Waals surface area contributed by atoms with Crippen molar-refractivity contribution >= 4 is 23.4 Å². The summed E-state index contributed by atoms with van der Waals surface area (Å²) in [4.78, 5) is 14.8. The van der Waals surface area contributed by atoms with E-state index < -0.39 is 0 Å². The molecule has 0 bridgehead atoms. The highest BCUT2D eigenvalue weighted by Gasteiger charge is 2.18. The van der Waals surface area contributed by atoms with Crippen LogP contribution in [-0.2, 0) is 9.53 Å². The number of methoxy groups -OCH3 is 1. The van der Waals surface area contributed by atoms with Crippen LogP contribution in [0.25, 0.3) is 6.08 Å². The molecule has 1 amide bonds. The second-order valence-corrected chi connectivity index (χ2v) is 6.69. The van der Waals surface area contributed by atoms with Crippen molar-refractivity contribution in [3.05, 3.63) is 48.0 Å². The number of amides is 1. The summed E-state index contributed by atoms with van der Waals surface area (Å²) in [6, 6.07) is 11.5. The number of rotatable bonds is 5. The van der Waals surface area contributed by atoms with Crippen LogP contribution in [0.2, 0.25) is 0 Å². The second-order valence-electron chi connectivity index (χ2n) is 6.69. The van der Waals surface area contributed by atoms with E-state index in [1.165, 1.54) is 6.08 Å². The quantitative estimate of drug-likeness (QED) is 0.784. The highest BCUT2D eigenvalue weighted by Crippen LogP contribution is 2.40. The van der Waals surface area contributed by atoms with Gasteiger partial charge in [-0.1, -0.05) is 12.1 Å². The zero-order valence-electron chi connectivity index (χ0n) is 16.3. The Kier molecular flexibility index (Phi) is 5.86. The van der Waals surface area contributed by atoms with Crippen molar-refractivity contribution in [2.45, 2.75) is 0 Å². The number of hydrogen-bond donors (Lipinski definition) is 1. The lowest BCUT2D eigenvalue weighted by Gasteiger charge is -2.30. The third-order valence-electron chi connectivity index (χ3n) is 4.79. The highest BCUT2D eigenvalue weighted by molar-refractivity contribution is 6.03. The Labute approximate surface area is 169 Å². The first-order chi connectivity index (χ1) is 14.2. The van der Waals surface area contributed by atoms with Gasteiger partial charge in [0.05, 0.1) is 31.7 Å². The number of hydrogen-bond acceptors (Lipinski definition) is 6. The Morgan fingerprint density at radius 2 is 1.90 bits per heavy atom. The average molecular weight is 396 g/mol. The third-order valence-corrected chi connectivity index (χ3v) is 4.79. The van der Waals surface area contributed by atoms with Crippen LogP contribution >= 0.6 is 0 Å². The van der Waals surface area contributed by atoms with Crippen LogP contribution in [0.4, 0.5) is 11.4 Å². The maximum absolute atomic E-state index is 12.5. The number of morpholine rings is 1. The first-order valence-corrected chi connectivity index (χ1v) is 9.63. The molecule has 2 aromatic carbocycles. The lowest BCUT2D eigenvalue weighted by atomic mass is 10.1. The Bertz CT molecular complexity index is 889. The summed E-state index contributed by atoms with van der Waals surface area (Å²) in [5.74, 6) is 1.59. The van der Waals surface area contributed by atoms with E-state index in [1.54, 1.807) is 13.2 Å². The maximum atomic E-state index is 12.5. The molecule has 1 saturated heterocycles. The standard InChI is InChI=1S/C22H24N2O5/c1-26-19-14-16(15-20-22(19)29-13-12-28-20)6-7-21(25)23-17-4-2-3-5-18(17)24-8-10-27-11-9-24/h2-7,14-15H,8-13H2,1H3,(H,23,25)/b7-6+. The first-order valence-electron chi connectivity index (χ1n) is 9.63. The minimum absolute atomic E-state index is 0.209. The molecule has 0 unspecified atom stereocenters. The molecule has 2 heterocycles. The van der Waals surface area contributed by atoms with Gasteiger partial charge in [-0.3, -0.25) is 4.79 Å². The van der Waals surface area contributed by atoms with Gasteiger partial charge in [0, 0.05) is 19.2 Å². The molecule has 0 atom stereocenters. The van der Waals surface area contributed by atoms with Crippen LogP contribution in [-0.4, -0.2) is 52.5 Å². The minimum Gasteiger partial charge on any atom is -0.493 e. The van der Waals surface area contributed by atoms with Crippen LogP contribution in [0.15, 0.2) is 42.5 Å². The minimum atomic E-state index is -0.209. The molecule has 2 aliphatic heterocycles. The van der Waals surface area contributed by atoms with Crippen LogP contribution in [0.5, 0.6) is 17.2 Å². The summed E-state index contributed by atoms with van der Waals surface area (Å²) in [6.07, 6.45) is 3.23. The summed E-state index contributed by atoms with van der Waals surface area (Å²) in [5.41, 5.74) is 2.57. The van der Waals surface area contributed by atoms with Crippen molar-refractivity contribution in [2.75, 3.05) is 56.8 Å². The third kappa shape index (κ3) is 4.46. The molecule has 0 aliphatic carbocycles. The van der Waals surface area contributed by atoms with Gasteiger partial charge in [-0.15, -0.1) is 0 Å². The van der Waals surface area contributed by atoms with Crippen molar-refractivity contribution in [3.8, 4) is 17.2 Å². The van der Waals surface area contributed by atoms with Crippen LogP contribution in [0, 0.1) is 0 Å². The van der Waals surface area contributed by atoms with Gasteiger partial charge < -0.3 is 29.2 Å². The van der Waals surface area contributed by atoms with Gasteiger partial charge in [0.1, 0.15) is 13.2 Å². The summed E-state index contributed by atoms with van der Waals surface area (Å²) in [5, 5.41) is 2.97. The molecular weight excluding hydrogens is 372 g/mol. The van der Waals surface area contributed by atoms with Gasteiger partial charge >= 0.3 is 0 Å². The zero-order chi connectivity index (χ0) is 20.1. The Hall–Kier alpha value is -3.19. The number of anilines is 2. The number of carbonyl (C=O) groups is 1. The van der Waals surface area contributed by atoms with Crippen molar-refractivity contribution in [2.24, 2.45) is 0 Å². The second kappa shape index (κ2) is 8.87. The Balaban J connectivity index is 1.49. The number of nitrogens with one attached hydrogen (secondary N) is 1. The van der Waals surface area contributed by atoms with Crippen LogP contribution in [0.3, 0.4) is 0 Å². The molecule has 2 aromatic rings. The van der Waals surface area contributed by atoms with Gasteiger partial charge in [-0.25, -0.2) is 0 Å². The van der Waals surface area contributed by atoms with Gasteiger partial charge in [0.25, 0.3) is 0 Å². The molecular formula is C22H24N2O5. The molecule has 2 aliphatic rings.